The number of nitrogens with two attached hydrogens (primary N) is 1. The van der Waals surface area contributed by atoms with Crippen molar-refractivity contribution in [3.05, 3.63) is 40.3 Å². The van der Waals surface area contributed by atoms with Gasteiger partial charge in [0.1, 0.15) is 0 Å². The second-order valence-corrected chi connectivity index (χ2v) is 5.01. The lowest BCUT2D eigenvalue weighted by Crippen LogP contribution is -2.32. The van der Waals surface area contributed by atoms with E-state index < -0.39 is 0 Å². The van der Waals surface area contributed by atoms with Crippen LogP contribution in [0.1, 0.15) is 17.5 Å². The van der Waals surface area contributed by atoms with Crippen LogP contribution < -0.4 is 5.73 Å². The van der Waals surface area contributed by atoms with Gasteiger partial charge in [0.2, 0.25) is 0 Å². The highest BCUT2D eigenvalue weighted by Gasteiger charge is 2.31. The minimum atomic E-state index is -0.353. The topological polar surface area (TPSA) is 46.3 Å². The van der Waals surface area contributed by atoms with Crippen LogP contribution in [0, 0.1) is 0 Å². The minimum absolute atomic E-state index is 0.353. The van der Waals surface area contributed by atoms with E-state index in [1.165, 1.54) is 16.0 Å². The van der Waals surface area contributed by atoms with Crippen molar-refractivity contribution in [2.75, 3.05) is 5.88 Å². The molecule has 0 unspecified atom stereocenters. The first-order valence-electron chi connectivity index (χ1n) is 5.28. The predicted molar refractivity (Wildman–Crippen MR) is 65.6 cm³/mol. The molecule has 3 rings (SSSR count). The molecule has 0 fully saturated rings. The molecule has 0 bridgehead atoms. The third kappa shape index (κ3) is 1.33. The first-order chi connectivity index (χ1) is 7.77. The number of rotatable bonds is 0. The van der Waals surface area contributed by atoms with Gasteiger partial charge in [0.25, 0.3) is 0 Å². The molecule has 2 aliphatic rings. The lowest BCUT2D eigenvalue weighted by atomic mass is 9.94. The zero-order valence-electron chi connectivity index (χ0n) is 8.77. The summed E-state index contributed by atoms with van der Waals surface area (Å²) in [6, 6.07) is 7.90. The Bertz CT molecular complexity index is 496. The van der Waals surface area contributed by atoms with Gasteiger partial charge in [-0.25, -0.2) is 4.79 Å². The van der Waals surface area contributed by atoms with Gasteiger partial charge in [0.05, 0.1) is 11.6 Å². The monoisotopic (exact) mass is 232 g/mol. The Morgan fingerprint density at radius 1 is 1.31 bits per heavy atom. The van der Waals surface area contributed by atoms with Crippen molar-refractivity contribution in [3.63, 3.8) is 0 Å². The minimum Gasteiger partial charge on any atom is -0.351 e. The van der Waals surface area contributed by atoms with Crippen LogP contribution in [-0.2, 0) is 6.42 Å². The van der Waals surface area contributed by atoms with Crippen LogP contribution in [0.5, 0.6) is 0 Å². The van der Waals surface area contributed by atoms with E-state index in [-0.39, 0.29) is 6.03 Å². The van der Waals surface area contributed by atoms with Gasteiger partial charge >= 0.3 is 6.03 Å². The van der Waals surface area contributed by atoms with Crippen LogP contribution in [0.2, 0.25) is 0 Å². The number of benzene rings is 1. The average Bonchev–Trinajstić information content (AvgIpc) is 2.73. The van der Waals surface area contributed by atoms with Gasteiger partial charge in [-0.05, 0) is 18.4 Å². The van der Waals surface area contributed by atoms with Crippen LogP contribution in [0.4, 0.5) is 4.79 Å². The van der Waals surface area contributed by atoms with E-state index in [0.717, 1.165) is 18.5 Å². The fourth-order valence-corrected chi connectivity index (χ4v) is 3.45. The summed E-state index contributed by atoms with van der Waals surface area (Å²) >= 11 is 1.73. The maximum atomic E-state index is 11.4. The Hall–Kier alpha value is -1.42. The van der Waals surface area contributed by atoms with Crippen molar-refractivity contribution in [2.24, 2.45) is 5.73 Å². The quantitative estimate of drug-likeness (QED) is 0.746. The van der Waals surface area contributed by atoms with E-state index in [1.54, 1.807) is 16.7 Å². The number of aryl methyl sites for hydroxylation is 1. The van der Waals surface area contributed by atoms with E-state index in [4.69, 9.17) is 5.73 Å². The first-order valence-corrected chi connectivity index (χ1v) is 6.27. The van der Waals surface area contributed by atoms with Crippen molar-refractivity contribution < 1.29 is 4.79 Å². The van der Waals surface area contributed by atoms with E-state index in [1.807, 2.05) is 12.1 Å². The zero-order chi connectivity index (χ0) is 11.1. The number of hydrogen-bond acceptors (Lipinski definition) is 2. The van der Waals surface area contributed by atoms with Crippen molar-refractivity contribution >= 4 is 23.5 Å². The van der Waals surface area contributed by atoms with Gasteiger partial charge in [-0.3, -0.25) is 4.90 Å². The molecule has 0 aromatic heterocycles. The molecule has 0 radical (unpaired) electrons. The number of primary amides is 1. The third-order valence-electron chi connectivity index (χ3n) is 3.06. The van der Waals surface area contributed by atoms with Crippen molar-refractivity contribution in [1.82, 2.24) is 4.90 Å². The number of urea groups is 1. The second kappa shape index (κ2) is 3.56. The Labute approximate surface area is 98.3 Å². The van der Waals surface area contributed by atoms with E-state index in [2.05, 4.69) is 12.1 Å². The molecule has 2 N–H and O–H groups in total. The molecule has 2 amide bonds. The van der Waals surface area contributed by atoms with Crippen LogP contribution in [0.25, 0.3) is 5.70 Å². The third-order valence-corrected chi connectivity index (χ3v) is 4.20. The summed E-state index contributed by atoms with van der Waals surface area (Å²) in [5.41, 5.74) is 8.93. The van der Waals surface area contributed by atoms with Crippen molar-refractivity contribution in [2.45, 2.75) is 12.8 Å². The number of amides is 2. The fraction of sp³-hybridized carbons (Fsp3) is 0.250. The highest BCUT2D eigenvalue weighted by Crippen LogP contribution is 2.44. The number of thioether (sulfide) groups is 1. The summed E-state index contributed by atoms with van der Waals surface area (Å²) in [6.07, 6.45) is 2.09. The number of allylic oxidation sites excluding steroid dienone is 1. The molecular formula is C12H12N2OS. The van der Waals surface area contributed by atoms with Gasteiger partial charge in [0.15, 0.2) is 0 Å². The SMILES string of the molecule is NC(=O)N1CSC2=C1c1ccccc1CC2. The molecule has 1 aliphatic carbocycles. The van der Waals surface area contributed by atoms with Gasteiger partial charge in [0, 0.05) is 10.5 Å². The molecule has 0 saturated heterocycles. The van der Waals surface area contributed by atoms with Gasteiger partial charge < -0.3 is 5.73 Å². The first kappa shape index (κ1) is 9.78. The number of fused-ring (bicyclic) bond motifs is 2. The summed E-state index contributed by atoms with van der Waals surface area (Å²) in [6.45, 7) is 0. The van der Waals surface area contributed by atoms with Crippen molar-refractivity contribution in [3.8, 4) is 0 Å². The Morgan fingerprint density at radius 2 is 2.12 bits per heavy atom. The van der Waals surface area contributed by atoms with Gasteiger partial charge in [-0.2, -0.15) is 0 Å². The number of carbonyl (C=O) groups excluding carboxylic acids is 1. The maximum absolute atomic E-state index is 11.4. The Morgan fingerprint density at radius 3 is 2.94 bits per heavy atom. The summed E-state index contributed by atoms with van der Waals surface area (Å²) in [5, 5.41) is 0. The summed E-state index contributed by atoms with van der Waals surface area (Å²) in [5.74, 6) is 0.661. The highest BCUT2D eigenvalue weighted by atomic mass is 32.2. The Balaban J connectivity index is 2.14. The standard InChI is InChI=1S/C12H12N2OS/c13-12(15)14-7-16-10-6-5-8-3-1-2-4-9(8)11(10)14/h1-4H,5-7H2,(H2,13,15). The van der Waals surface area contributed by atoms with Gasteiger partial charge in [-0.1, -0.05) is 24.3 Å². The lowest BCUT2D eigenvalue weighted by molar-refractivity contribution is 0.232. The number of carbonyl (C=O) groups is 1. The largest absolute Gasteiger partial charge is 0.351 e. The molecule has 0 atom stereocenters. The highest BCUT2D eigenvalue weighted by molar-refractivity contribution is 8.03. The van der Waals surface area contributed by atoms with Crippen LogP contribution >= 0.6 is 11.8 Å². The van der Waals surface area contributed by atoms with Crippen LogP contribution in [0.15, 0.2) is 29.2 Å². The molecule has 1 aliphatic heterocycles. The summed E-state index contributed by atoms with van der Waals surface area (Å²) in [4.78, 5) is 14.3. The van der Waals surface area contributed by atoms with Crippen molar-refractivity contribution in [1.29, 1.82) is 0 Å². The average molecular weight is 232 g/mol. The van der Waals surface area contributed by atoms with E-state index in [0.29, 0.717) is 5.88 Å². The molecule has 1 aromatic carbocycles. The molecule has 16 heavy (non-hydrogen) atoms. The smallest absolute Gasteiger partial charge is 0.320 e. The molecule has 1 heterocycles. The number of nitrogens with zero attached hydrogens (tertiary/aromatic N) is 1. The molecular weight excluding hydrogens is 220 g/mol. The van der Waals surface area contributed by atoms with Gasteiger partial charge in [-0.15, -0.1) is 11.8 Å². The molecule has 3 nitrogen and oxygen atoms in total. The fourth-order valence-electron chi connectivity index (χ4n) is 2.30. The predicted octanol–water partition coefficient (Wildman–Crippen LogP) is 2.39. The zero-order valence-corrected chi connectivity index (χ0v) is 9.59. The number of hydrogen-bond donors (Lipinski definition) is 1. The molecule has 0 saturated carbocycles. The van der Waals surface area contributed by atoms with Crippen LogP contribution in [-0.4, -0.2) is 16.8 Å². The molecule has 0 spiro atoms. The Kier molecular flexibility index (Phi) is 2.17. The molecule has 1 aromatic rings. The lowest BCUT2D eigenvalue weighted by Gasteiger charge is -2.23. The van der Waals surface area contributed by atoms with E-state index >= 15 is 0 Å². The molecule has 82 valence electrons. The van der Waals surface area contributed by atoms with Crippen LogP contribution in [0.3, 0.4) is 0 Å². The normalized spacial score (nSPS) is 18.4. The maximum Gasteiger partial charge on any atom is 0.320 e. The summed E-state index contributed by atoms with van der Waals surface area (Å²) in [7, 11) is 0. The second-order valence-electron chi connectivity index (χ2n) is 3.97. The molecule has 4 heteroatoms. The van der Waals surface area contributed by atoms with E-state index in [9.17, 15) is 4.79 Å². The summed E-state index contributed by atoms with van der Waals surface area (Å²) < 4.78 is 0.